The normalized spacial score (nSPS) is 23.6. The molecule has 0 amide bonds. The summed E-state index contributed by atoms with van der Waals surface area (Å²) in [6, 6.07) is 5.22. The number of anilines is 1. The zero-order valence-corrected chi connectivity index (χ0v) is 11.2. The van der Waals surface area contributed by atoms with Crippen LogP contribution in [0.15, 0.2) is 29.2 Å². The number of hydrogen-bond acceptors (Lipinski definition) is 5. The summed E-state index contributed by atoms with van der Waals surface area (Å²) in [6.07, 6.45) is 0.598. The SMILES string of the molecule is CS(=O)(=O)c1ccc(N2CC(O)CC2C(=O)O)cc1. The number of aliphatic hydroxyl groups is 1. The van der Waals surface area contributed by atoms with Crippen LogP contribution < -0.4 is 4.90 Å². The number of benzene rings is 1. The van der Waals surface area contributed by atoms with E-state index in [0.29, 0.717) is 5.69 Å². The number of aliphatic hydroxyl groups excluding tert-OH is 1. The van der Waals surface area contributed by atoms with Gasteiger partial charge in [-0.05, 0) is 24.3 Å². The molecule has 0 bridgehead atoms. The second kappa shape index (κ2) is 4.82. The highest BCUT2D eigenvalue weighted by Gasteiger charge is 2.36. The van der Waals surface area contributed by atoms with Crippen LogP contribution in [0.3, 0.4) is 0 Å². The van der Waals surface area contributed by atoms with Crippen LogP contribution in [0.4, 0.5) is 5.69 Å². The van der Waals surface area contributed by atoms with Crippen molar-refractivity contribution in [2.75, 3.05) is 17.7 Å². The maximum absolute atomic E-state index is 11.3. The van der Waals surface area contributed by atoms with Crippen molar-refractivity contribution in [1.29, 1.82) is 0 Å². The number of nitrogens with zero attached hydrogens (tertiary/aromatic N) is 1. The first-order valence-electron chi connectivity index (χ1n) is 5.76. The van der Waals surface area contributed by atoms with E-state index in [1.807, 2.05) is 0 Å². The number of β-amino-alcohol motifs (C(OH)–C–C–N with tert-alkyl or cyclic N) is 1. The standard InChI is InChI=1S/C12H15NO5S/c1-19(17,18)10-4-2-8(3-5-10)13-7-9(14)6-11(13)12(15)16/h2-5,9,11,14H,6-7H2,1H3,(H,15,16). The van der Waals surface area contributed by atoms with Crippen LogP contribution in [-0.2, 0) is 14.6 Å². The van der Waals surface area contributed by atoms with Crippen molar-refractivity contribution in [3.8, 4) is 0 Å². The zero-order valence-electron chi connectivity index (χ0n) is 10.4. The molecule has 0 aliphatic carbocycles. The molecule has 1 heterocycles. The Morgan fingerprint density at radius 2 is 1.89 bits per heavy atom. The molecule has 104 valence electrons. The van der Waals surface area contributed by atoms with E-state index in [4.69, 9.17) is 5.11 Å². The lowest BCUT2D eigenvalue weighted by Crippen LogP contribution is -2.35. The third-order valence-electron chi connectivity index (χ3n) is 3.16. The van der Waals surface area contributed by atoms with Crippen LogP contribution in [0, 0.1) is 0 Å². The Hall–Kier alpha value is -1.60. The largest absolute Gasteiger partial charge is 0.480 e. The number of rotatable bonds is 3. The molecular weight excluding hydrogens is 270 g/mol. The van der Waals surface area contributed by atoms with Gasteiger partial charge in [-0.25, -0.2) is 13.2 Å². The minimum atomic E-state index is -3.27. The van der Waals surface area contributed by atoms with Crippen molar-refractivity contribution in [3.05, 3.63) is 24.3 Å². The molecular formula is C12H15NO5S. The van der Waals surface area contributed by atoms with Crippen LogP contribution in [0.5, 0.6) is 0 Å². The number of hydrogen-bond donors (Lipinski definition) is 2. The van der Waals surface area contributed by atoms with Crippen LogP contribution >= 0.6 is 0 Å². The molecule has 1 aliphatic rings. The number of sulfone groups is 1. The number of carboxylic acids is 1. The first-order chi connectivity index (χ1) is 8.79. The van der Waals surface area contributed by atoms with Gasteiger partial charge in [-0.15, -0.1) is 0 Å². The van der Waals surface area contributed by atoms with E-state index < -0.39 is 28.0 Å². The number of carbonyl (C=O) groups is 1. The Kier molecular flexibility index (Phi) is 3.51. The topological polar surface area (TPSA) is 94.9 Å². The van der Waals surface area contributed by atoms with Crippen molar-refractivity contribution in [3.63, 3.8) is 0 Å². The van der Waals surface area contributed by atoms with E-state index in [1.54, 1.807) is 17.0 Å². The van der Waals surface area contributed by atoms with Crippen molar-refractivity contribution in [2.24, 2.45) is 0 Å². The molecule has 2 N–H and O–H groups in total. The van der Waals surface area contributed by atoms with E-state index in [9.17, 15) is 18.3 Å². The monoisotopic (exact) mass is 285 g/mol. The van der Waals surface area contributed by atoms with Gasteiger partial charge in [-0.2, -0.15) is 0 Å². The number of aliphatic carboxylic acids is 1. The predicted molar refractivity (Wildman–Crippen MR) is 68.9 cm³/mol. The van der Waals surface area contributed by atoms with Gasteiger partial charge in [0.15, 0.2) is 9.84 Å². The quantitative estimate of drug-likeness (QED) is 0.818. The molecule has 6 nitrogen and oxygen atoms in total. The van der Waals surface area contributed by atoms with Crippen LogP contribution in [-0.4, -0.2) is 49.5 Å². The second-order valence-electron chi connectivity index (χ2n) is 4.66. The summed E-state index contributed by atoms with van der Waals surface area (Å²) in [4.78, 5) is 12.9. The number of carboxylic acid groups (broad SMARTS) is 1. The summed E-state index contributed by atoms with van der Waals surface area (Å²) in [6.45, 7) is 0.231. The highest BCUT2D eigenvalue weighted by atomic mass is 32.2. The van der Waals surface area contributed by atoms with E-state index in [-0.39, 0.29) is 17.9 Å². The second-order valence-corrected chi connectivity index (χ2v) is 6.68. The van der Waals surface area contributed by atoms with Crippen LogP contribution in [0.1, 0.15) is 6.42 Å². The van der Waals surface area contributed by atoms with Crippen LogP contribution in [0.2, 0.25) is 0 Å². The molecule has 19 heavy (non-hydrogen) atoms. The summed E-state index contributed by atoms with van der Waals surface area (Å²) >= 11 is 0. The fourth-order valence-electron chi connectivity index (χ4n) is 2.22. The predicted octanol–water partition coefficient (Wildman–Crippen LogP) is 0.114. The van der Waals surface area contributed by atoms with E-state index in [2.05, 4.69) is 0 Å². The third-order valence-corrected chi connectivity index (χ3v) is 4.29. The van der Waals surface area contributed by atoms with Gasteiger partial charge >= 0.3 is 5.97 Å². The lowest BCUT2D eigenvalue weighted by molar-refractivity contribution is -0.138. The van der Waals surface area contributed by atoms with Gasteiger partial charge in [0.1, 0.15) is 6.04 Å². The molecule has 1 fully saturated rings. The van der Waals surface area contributed by atoms with Gasteiger partial charge in [-0.1, -0.05) is 0 Å². The molecule has 2 unspecified atom stereocenters. The van der Waals surface area contributed by atoms with Gasteiger partial charge in [0.2, 0.25) is 0 Å². The Labute approximate surface area is 111 Å². The molecule has 0 saturated carbocycles. The van der Waals surface area contributed by atoms with Crippen molar-refractivity contribution in [1.82, 2.24) is 0 Å². The molecule has 7 heteroatoms. The summed E-state index contributed by atoms with van der Waals surface area (Å²) in [5.41, 5.74) is 0.594. The third kappa shape index (κ3) is 2.87. The van der Waals surface area contributed by atoms with Gasteiger partial charge in [0.05, 0.1) is 11.0 Å². The molecule has 2 rings (SSSR count). The molecule has 1 aromatic rings. The molecule has 0 aromatic heterocycles. The Morgan fingerprint density at radius 1 is 1.32 bits per heavy atom. The summed E-state index contributed by atoms with van der Waals surface area (Å²) in [5, 5.41) is 18.7. The maximum atomic E-state index is 11.3. The Morgan fingerprint density at radius 3 is 2.37 bits per heavy atom. The Balaban J connectivity index is 2.29. The highest BCUT2D eigenvalue weighted by molar-refractivity contribution is 7.90. The highest BCUT2D eigenvalue weighted by Crippen LogP contribution is 2.27. The first-order valence-corrected chi connectivity index (χ1v) is 7.66. The van der Waals surface area contributed by atoms with Crippen molar-refractivity contribution in [2.45, 2.75) is 23.5 Å². The fourth-order valence-corrected chi connectivity index (χ4v) is 2.85. The zero-order chi connectivity index (χ0) is 14.2. The molecule has 0 spiro atoms. The fraction of sp³-hybridized carbons (Fsp3) is 0.417. The summed E-state index contributed by atoms with van der Waals surface area (Å²) in [5.74, 6) is -0.997. The summed E-state index contributed by atoms with van der Waals surface area (Å²) < 4.78 is 22.7. The smallest absolute Gasteiger partial charge is 0.326 e. The van der Waals surface area contributed by atoms with Gasteiger partial charge in [0, 0.05) is 24.9 Å². The molecule has 2 atom stereocenters. The average Bonchev–Trinajstić information content (AvgIpc) is 2.70. The van der Waals surface area contributed by atoms with E-state index >= 15 is 0 Å². The molecule has 0 radical (unpaired) electrons. The minimum Gasteiger partial charge on any atom is -0.480 e. The molecule has 1 aromatic carbocycles. The molecule has 1 aliphatic heterocycles. The van der Waals surface area contributed by atoms with Crippen molar-refractivity contribution < 1.29 is 23.4 Å². The summed E-state index contributed by atoms with van der Waals surface area (Å²) in [7, 11) is -3.27. The van der Waals surface area contributed by atoms with Gasteiger partial charge in [0.25, 0.3) is 0 Å². The van der Waals surface area contributed by atoms with Gasteiger partial charge in [-0.3, -0.25) is 0 Å². The molecule has 1 saturated heterocycles. The van der Waals surface area contributed by atoms with Crippen molar-refractivity contribution >= 4 is 21.5 Å². The van der Waals surface area contributed by atoms with E-state index in [0.717, 1.165) is 6.26 Å². The maximum Gasteiger partial charge on any atom is 0.326 e. The lowest BCUT2D eigenvalue weighted by Gasteiger charge is -2.23. The lowest BCUT2D eigenvalue weighted by atomic mass is 10.2. The Bertz CT molecular complexity index is 581. The first kappa shape index (κ1) is 13.8. The van der Waals surface area contributed by atoms with Gasteiger partial charge < -0.3 is 15.1 Å². The minimum absolute atomic E-state index is 0.170. The van der Waals surface area contributed by atoms with E-state index in [1.165, 1.54) is 12.1 Å². The average molecular weight is 285 g/mol. The van der Waals surface area contributed by atoms with Crippen LogP contribution in [0.25, 0.3) is 0 Å².